The summed E-state index contributed by atoms with van der Waals surface area (Å²) in [5, 5.41) is 13.7. The van der Waals surface area contributed by atoms with Crippen molar-refractivity contribution < 1.29 is 9.63 Å². The molecule has 0 spiro atoms. The monoisotopic (exact) mass is 290 g/mol. The van der Waals surface area contributed by atoms with Gasteiger partial charge in [-0.25, -0.2) is 4.79 Å². The van der Waals surface area contributed by atoms with Crippen LogP contribution in [0.4, 0.5) is 0 Å². The zero-order valence-corrected chi connectivity index (χ0v) is 13.4. The van der Waals surface area contributed by atoms with Crippen molar-refractivity contribution in [3.05, 3.63) is 49.8 Å². The molecule has 1 aromatic carbocycles. The number of nitrogens with zero attached hydrogens (tertiary/aromatic N) is 2. The standard InChI is InChI=1S/C16H22N2O3/c1-8-9(2)11(4)14(12(5)10(8)3)13(7-19)15-17-21-16(20)18(15)6/h13,19H,7H2,1-6H3. The van der Waals surface area contributed by atoms with E-state index in [2.05, 4.69) is 25.9 Å². The fraction of sp³-hybridized carbons (Fsp3) is 0.500. The lowest BCUT2D eigenvalue weighted by molar-refractivity contribution is 0.271. The third kappa shape index (κ3) is 2.31. The smallest absolute Gasteiger partial charge is 0.395 e. The van der Waals surface area contributed by atoms with Crippen LogP contribution in [0.2, 0.25) is 0 Å². The maximum Gasteiger partial charge on any atom is 0.441 e. The van der Waals surface area contributed by atoms with Gasteiger partial charge in [-0.1, -0.05) is 5.16 Å². The van der Waals surface area contributed by atoms with Gasteiger partial charge in [0, 0.05) is 7.05 Å². The van der Waals surface area contributed by atoms with Crippen LogP contribution in [0.5, 0.6) is 0 Å². The lowest BCUT2D eigenvalue weighted by atomic mass is 9.83. The van der Waals surface area contributed by atoms with Crippen LogP contribution in [0.25, 0.3) is 0 Å². The molecule has 0 saturated heterocycles. The molecule has 0 aliphatic rings. The van der Waals surface area contributed by atoms with E-state index >= 15 is 0 Å². The number of rotatable bonds is 3. The van der Waals surface area contributed by atoms with Crippen LogP contribution in [0.15, 0.2) is 9.32 Å². The molecular weight excluding hydrogens is 268 g/mol. The molecular formula is C16H22N2O3. The third-order valence-electron chi connectivity index (χ3n) is 4.74. The first kappa shape index (κ1) is 15.5. The summed E-state index contributed by atoms with van der Waals surface area (Å²) >= 11 is 0. The van der Waals surface area contributed by atoms with Crippen LogP contribution in [0, 0.1) is 34.6 Å². The van der Waals surface area contributed by atoms with E-state index in [0.29, 0.717) is 5.82 Å². The van der Waals surface area contributed by atoms with Gasteiger partial charge in [-0.2, -0.15) is 0 Å². The van der Waals surface area contributed by atoms with Crippen LogP contribution in [-0.2, 0) is 7.05 Å². The first-order chi connectivity index (χ1) is 9.81. The molecule has 0 aliphatic carbocycles. The topological polar surface area (TPSA) is 68.3 Å². The minimum atomic E-state index is -0.515. The maximum atomic E-state index is 11.5. The summed E-state index contributed by atoms with van der Waals surface area (Å²) in [6.45, 7) is 10.2. The zero-order valence-electron chi connectivity index (χ0n) is 13.4. The van der Waals surface area contributed by atoms with Crippen molar-refractivity contribution in [1.29, 1.82) is 0 Å². The molecule has 0 amide bonds. The second-order valence-electron chi connectivity index (χ2n) is 5.64. The van der Waals surface area contributed by atoms with Crippen molar-refractivity contribution in [1.82, 2.24) is 9.72 Å². The number of aliphatic hydroxyl groups excluding tert-OH is 1. The van der Waals surface area contributed by atoms with Crippen LogP contribution in [-0.4, -0.2) is 21.4 Å². The van der Waals surface area contributed by atoms with Gasteiger partial charge in [-0.3, -0.25) is 9.09 Å². The van der Waals surface area contributed by atoms with Crippen molar-refractivity contribution in [2.24, 2.45) is 7.05 Å². The average Bonchev–Trinajstić information content (AvgIpc) is 2.79. The molecule has 0 aliphatic heterocycles. The quantitative estimate of drug-likeness (QED) is 0.939. The number of hydrogen-bond donors (Lipinski definition) is 1. The Morgan fingerprint density at radius 2 is 1.52 bits per heavy atom. The zero-order chi connectivity index (χ0) is 15.9. The Kier molecular flexibility index (Phi) is 4.05. The van der Waals surface area contributed by atoms with E-state index in [1.165, 1.54) is 21.3 Å². The van der Waals surface area contributed by atoms with Gasteiger partial charge in [-0.15, -0.1) is 0 Å². The minimum absolute atomic E-state index is 0.122. The molecule has 114 valence electrons. The fourth-order valence-corrected chi connectivity index (χ4v) is 2.95. The van der Waals surface area contributed by atoms with Crippen LogP contribution in [0.1, 0.15) is 45.1 Å². The molecule has 5 heteroatoms. The third-order valence-corrected chi connectivity index (χ3v) is 4.74. The summed E-state index contributed by atoms with van der Waals surface area (Å²) in [5.74, 6) is -0.421. The van der Waals surface area contributed by atoms with E-state index in [0.717, 1.165) is 16.7 Å². The summed E-state index contributed by atoms with van der Waals surface area (Å²) < 4.78 is 6.06. The summed E-state index contributed by atoms with van der Waals surface area (Å²) in [6, 6.07) is 0. The molecule has 21 heavy (non-hydrogen) atoms. The van der Waals surface area contributed by atoms with E-state index in [-0.39, 0.29) is 12.5 Å². The van der Waals surface area contributed by atoms with E-state index < -0.39 is 5.76 Å². The minimum Gasteiger partial charge on any atom is -0.395 e. The Bertz CT molecular complexity index is 712. The average molecular weight is 290 g/mol. The van der Waals surface area contributed by atoms with E-state index in [1.807, 2.05) is 13.8 Å². The number of benzene rings is 1. The molecule has 5 nitrogen and oxygen atoms in total. The molecule has 0 saturated carbocycles. The number of aliphatic hydroxyl groups is 1. The fourth-order valence-electron chi connectivity index (χ4n) is 2.95. The van der Waals surface area contributed by atoms with Gasteiger partial charge >= 0.3 is 5.76 Å². The number of hydrogen-bond acceptors (Lipinski definition) is 4. The lowest BCUT2D eigenvalue weighted by Gasteiger charge is -2.23. The molecule has 1 atom stereocenters. The van der Waals surface area contributed by atoms with Crippen molar-refractivity contribution >= 4 is 0 Å². The Balaban J connectivity index is 2.75. The molecule has 1 heterocycles. The van der Waals surface area contributed by atoms with Gasteiger partial charge in [0.25, 0.3) is 0 Å². The summed E-state index contributed by atoms with van der Waals surface area (Å²) in [7, 11) is 1.61. The first-order valence-corrected chi connectivity index (χ1v) is 7.01. The van der Waals surface area contributed by atoms with E-state index in [9.17, 15) is 9.90 Å². The van der Waals surface area contributed by atoms with Crippen LogP contribution < -0.4 is 5.76 Å². The van der Waals surface area contributed by atoms with Crippen LogP contribution >= 0.6 is 0 Å². The molecule has 1 unspecified atom stereocenters. The Morgan fingerprint density at radius 3 is 1.90 bits per heavy atom. The number of aromatic nitrogens is 2. The first-order valence-electron chi connectivity index (χ1n) is 7.01. The predicted molar refractivity (Wildman–Crippen MR) is 80.8 cm³/mol. The normalized spacial score (nSPS) is 12.7. The van der Waals surface area contributed by atoms with Gasteiger partial charge in [0.15, 0.2) is 5.82 Å². The van der Waals surface area contributed by atoms with Gasteiger partial charge < -0.3 is 5.11 Å². The molecule has 2 aromatic rings. The summed E-state index contributed by atoms with van der Waals surface area (Å²) in [6.07, 6.45) is 0. The van der Waals surface area contributed by atoms with Gasteiger partial charge in [0.1, 0.15) is 0 Å². The Hall–Kier alpha value is -1.88. The van der Waals surface area contributed by atoms with Crippen LogP contribution in [0.3, 0.4) is 0 Å². The van der Waals surface area contributed by atoms with Gasteiger partial charge in [0.05, 0.1) is 12.5 Å². The van der Waals surface area contributed by atoms with E-state index in [1.54, 1.807) is 7.05 Å². The highest BCUT2D eigenvalue weighted by Gasteiger charge is 2.26. The van der Waals surface area contributed by atoms with Gasteiger partial charge in [0.2, 0.25) is 0 Å². The summed E-state index contributed by atoms with van der Waals surface area (Å²) in [4.78, 5) is 11.5. The summed E-state index contributed by atoms with van der Waals surface area (Å²) in [5.41, 5.74) is 6.97. The maximum absolute atomic E-state index is 11.5. The van der Waals surface area contributed by atoms with E-state index in [4.69, 9.17) is 4.52 Å². The van der Waals surface area contributed by atoms with Crippen molar-refractivity contribution in [2.45, 2.75) is 40.5 Å². The second kappa shape index (κ2) is 5.48. The molecule has 1 aromatic heterocycles. The second-order valence-corrected chi connectivity index (χ2v) is 5.64. The predicted octanol–water partition coefficient (Wildman–Crippen LogP) is 2.04. The largest absolute Gasteiger partial charge is 0.441 e. The highest BCUT2D eigenvalue weighted by Crippen LogP contribution is 2.33. The highest BCUT2D eigenvalue weighted by molar-refractivity contribution is 5.52. The Labute approximate surface area is 124 Å². The lowest BCUT2D eigenvalue weighted by Crippen LogP contribution is -2.20. The highest BCUT2D eigenvalue weighted by atomic mass is 16.5. The van der Waals surface area contributed by atoms with Crippen molar-refractivity contribution in [3.63, 3.8) is 0 Å². The molecule has 1 N–H and O–H groups in total. The Morgan fingerprint density at radius 1 is 1.05 bits per heavy atom. The molecule has 0 radical (unpaired) electrons. The molecule has 0 fully saturated rings. The van der Waals surface area contributed by atoms with Crippen molar-refractivity contribution in [3.8, 4) is 0 Å². The molecule has 2 rings (SSSR count). The SMILES string of the molecule is Cc1c(C)c(C)c(C(CO)c2noc(=O)n2C)c(C)c1C. The van der Waals surface area contributed by atoms with Crippen molar-refractivity contribution in [2.75, 3.05) is 6.61 Å². The molecule has 0 bridgehead atoms. The van der Waals surface area contributed by atoms with Gasteiger partial charge in [-0.05, 0) is 68.0 Å².